The number of benzene rings is 8. The van der Waals surface area contributed by atoms with Crippen LogP contribution in [0.2, 0.25) is 0 Å². The van der Waals surface area contributed by atoms with Crippen LogP contribution in [0.25, 0.3) is 106 Å². The Kier molecular flexibility index (Phi) is 11.3. The summed E-state index contributed by atoms with van der Waals surface area (Å²) in [6.45, 7) is 19.9. The molecule has 0 fully saturated rings. The average molecular weight is 951 g/mol. The monoisotopic (exact) mass is 950 g/mol. The van der Waals surface area contributed by atoms with Gasteiger partial charge >= 0.3 is 0 Å². The Morgan fingerprint density at radius 3 is 1.82 bits per heavy atom. The van der Waals surface area contributed by atoms with Crippen molar-refractivity contribution in [3.05, 3.63) is 204 Å². The molecule has 0 saturated heterocycles. The van der Waals surface area contributed by atoms with Crippen molar-refractivity contribution in [1.29, 1.82) is 5.26 Å². The number of rotatable bonds is 7. The second-order valence-corrected chi connectivity index (χ2v) is 22.4. The predicted molar refractivity (Wildman–Crippen MR) is 301 cm³/mol. The van der Waals surface area contributed by atoms with Gasteiger partial charge in [0.15, 0.2) is 0 Å². The van der Waals surface area contributed by atoms with Crippen LogP contribution < -0.4 is 0 Å². The lowest BCUT2D eigenvalue weighted by Crippen LogP contribution is -2.17. The van der Waals surface area contributed by atoms with Gasteiger partial charge in [-0.15, -0.1) is 0 Å². The van der Waals surface area contributed by atoms with E-state index in [-0.39, 0.29) is 22.0 Å². The minimum atomic E-state index is -0.370. The van der Waals surface area contributed by atoms with E-state index in [4.69, 9.17) is 14.4 Å². The Balaban J connectivity index is 1.26. The molecule has 11 aromatic rings. The van der Waals surface area contributed by atoms with Crippen LogP contribution in [0.15, 0.2) is 187 Å². The van der Waals surface area contributed by atoms with Crippen molar-refractivity contribution in [3.63, 3.8) is 0 Å². The zero-order valence-electron chi connectivity index (χ0n) is 43.0. The van der Waals surface area contributed by atoms with Crippen molar-refractivity contribution >= 4 is 33.0 Å². The molecule has 11 rings (SSSR count). The fourth-order valence-electron chi connectivity index (χ4n) is 10.3. The number of nitriles is 1. The summed E-state index contributed by atoms with van der Waals surface area (Å²) < 4.78 is 9.33. The molecular weight excluding hydrogens is 893 g/mol. The molecule has 0 spiro atoms. The number of para-hydroxylation sites is 1. The first-order valence-corrected chi connectivity index (χ1v) is 25.1. The van der Waals surface area contributed by atoms with Crippen LogP contribution in [-0.4, -0.2) is 19.6 Å². The standard InChI is InChI=1S/C67H58N4O2/c1-65(2,3)47-29-31-57(51(37-47)42-22-15-11-16-23-42)71-58-27-19-26-49(60(58)70-64(71)54-38-48(66(4,5)6)39-55(61(54)72)67(7,8)9)46-34-52-50-30-28-45(40-68)59(43-24-17-12-18-25-43)63(50)73-62(52)53(35-46)56-36-44(32-33-69-56)41-20-13-10-14-21-41/h10-39,72H,1-9H3. The summed E-state index contributed by atoms with van der Waals surface area (Å²) in [7, 11) is 0. The highest BCUT2D eigenvalue weighted by atomic mass is 16.3. The quantitative estimate of drug-likeness (QED) is 0.172. The summed E-state index contributed by atoms with van der Waals surface area (Å²) in [4.78, 5) is 10.8. The predicted octanol–water partition coefficient (Wildman–Crippen LogP) is 17.8. The summed E-state index contributed by atoms with van der Waals surface area (Å²) >= 11 is 0. The van der Waals surface area contributed by atoms with E-state index < -0.39 is 0 Å². The number of aromatic nitrogens is 3. The Morgan fingerprint density at radius 1 is 0.507 bits per heavy atom. The number of hydrogen-bond donors (Lipinski definition) is 1. The number of hydrogen-bond acceptors (Lipinski definition) is 5. The largest absolute Gasteiger partial charge is 0.507 e. The van der Waals surface area contributed by atoms with Gasteiger partial charge in [-0.2, -0.15) is 5.26 Å². The maximum absolute atomic E-state index is 12.7. The summed E-state index contributed by atoms with van der Waals surface area (Å²) in [6, 6.07) is 63.2. The van der Waals surface area contributed by atoms with Gasteiger partial charge in [-0.1, -0.05) is 178 Å². The number of fused-ring (bicyclic) bond motifs is 4. The van der Waals surface area contributed by atoms with Crippen molar-refractivity contribution in [2.45, 2.75) is 78.6 Å². The Morgan fingerprint density at radius 2 is 1.16 bits per heavy atom. The number of phenolic OH excluding ortho intramolecular Hbond substituents is 1. The molecule has 358 valence electrons. The lowest BCUT2D eigenvalue weighted by atomic mass is 9.79. The molecule has 0 amide bonds. The molecule has 0 unspecified atom stereocenters. The van der Waals surface area contributed by atoms with Gasteiger partial charge in [-0.25, -0.2) is 4.98 Å². The lowest BCUT2D eigenvalue weighted by Gasteiger charge is -2.28. The normalized spacial score (nSPS) is 12.2. The van der Waals surface area contributed by atoms with Gasteiger partial charge in [-0.05, 0) is 116 Å². The van der Waals surface area contributed by atoms with Crippen LogP contribution in [0, 0.1) is 11.3 Å². The van der Waals surface area contributed by atoms with Crippen LogP contribution in [0.4, 0.5) is 0 Å². The minimum absolute atomic E-state index is 0.114. The number of aromatic hydroxyl groups is 1. The van der Waals surface area contributed by atoms with Gasteiger partial charge in [0.05, 0.1) is 39.6 Å². The van der Waals surface area contributed by atoms with E-state index in [0.717, 1.165) is 94.4 Å². The van der Waals surface area contributed by atoms with Gasteiger partial charge in [0.25, 0.3) is 0 Å². The fraction of sp³-hybridized carbons (Fsp3) is 0.179. The molecule has 0 radical (unpaired) electrons. The van der Waals surface area contributed by atoms with Crippen LogP contribution in [0.5, 0.6) is 5.75 Å². The molecule has 3 aromatic heterocycles. The molecule has 0 aliphatic rings. The average Bonchev–Trinajstić information content (AvgIpc) is 3.97. The van der Waals surface area contributed by atoms with Crippen LogP contribution in [0.3, 0.4) is 0 Å². The third kappa shape index (κ3) is 8.35. The lowest BCUT2D eigenvalue weighted by molar-refractivity contribution is 0.446. The van der Waals surface area contributed by atoms with Crippen LogP contribution >= 0.6 is 0 Å². The van der Waals surface area contributed by atoms with E-state index in [0.29, 0.717) is 28.1 Å². The number of furan rings is 1. The number of nitrogens with zero attached hydrogens (tertiary/aromatic N) is 4. The number of phenols is 1. The van der Waals surface area contributed by atoms with Gasteiger partial charge < -0.3 is 9.52 Å². The Hall–Kier alpha value is -8.53. The van der Waals surface area contributed by atoms with E-state index in [1.807, 2.05) is 72.9 Å². The zero-order valence-corrected chi connectivity index (χ0v) is 43.0. The van der Waals surface area contributed by atoms with Crippen molar-refractivity contribution < 1.29 is 9.52 Å². The van der Waals surface area contributed by atoms with Crippen molar-refractivity contribution in [2.75, 3.05) is 0 Å². The smallest absolute Gasteiger partial charge is 0.149 e. The maximum atomic E-state index is 12.7. The van der Waals surface area contributed by atoms with E-state index in [9.17, 15) is 10.4 Å². The summed E-state index contributed by atoms with van der Waals surface area (Å²) in [5.74, 6) is 0.858. The summed E-state index contributed by atoms with van der Waals surface area (Å²) in [6.07, 6.45) is 1.86. The summed E-state index contributed by atoms with van der Waals surface area (Å²) in [5, 5.41) is 25.0. The molecule has 0 aliphatic carbocycles. The highest BCUT2D eigenvalue weighted by molar-refractivity contribution is 6.15. The second kappa shape index (κ2) is 17.6. The molecule has 0 saturated carbocycles. The van der Waals surface area contributed by atoms with Crippen LogP contribution in [0.1, 0.15) is 84.6 Å². The molecule has 0 aliphatic heterocycles. The maximum Gasteiger partial charge on any atom is 0.149 e. The highest BCUT2D eigenvalue weighted by Crippen LogP contribution is 2.48. The number of imidazole rings is 1. The Bertz CT molecular complexity index is 3970. The topological polar surface area (TPSA) is 87.9 Å². The van der Waals surface area contributed by atoms with E-state index in [1.165, 1.54) is 5.56 Å². The molecule has 0 bridgehead atoms. The van der Waals surface area contributed by atoms with Crippen molar-refractivity contribution in [2.24, 2.45) is 0 Å². The van der Waals surface area contributed by atoms with Crippen LogP contribution in [-0.2, 0) is 16.2 Å². The molecule has 3 heterocycles. The molecule has 73 heavy (non-hydrogen) atoms. The first kappa shape index (κ1) is 46.8. The second-order valence-electron chi connectivity index (χ2n) is 22.4. The summed E-state index contributed by atoms with van der Waals surface area (Å²) in [5.41, 5.74) is 16.9. The van der Waals surface area contributed by atoms with Crippen molar-refractivity contribution in [1.82, 2.24) is 14.5 Å². The zero-order chi connectivity index (χ0) is 51.0. The molecule has 6 nitrogen and oxygen atoms in total. The van der Waals surface area contributed by atoms with Gasteiger partial charge in [-0.3, -0.25) is 9.55 Å². The fourth-order valence-corrected chi connectivity index (χ4v) is 10.3. The molecule has 6 heteroatoms. The van der Waals surface area contributed by atoms with Crippen molar-refractivity contribution in [3.8, 4) is 84.7 Å². The Labute approximate surface area is 427 Å². The number of pyridine rings is 1. The molecular formula is C67H58N4O2. The molecule has 0 atom stereocenters. The van der Waals surface area contributed by atoms with E-state index in [1.54, 1.807) is 0 Å². The van der Waals surface area contributed by atoms with Gasteiger partial charge in [0.2, 0.25) is 0 Å². The first-order chi connectivity index (χ1) is 35.0. The molecule has 1 N–H and O–H groups in total. The SMILES string of the molecule is CC(C)(C)c1ccc(-n2c(-c3cc(C(C)(C)C)cc(C(C)(C)C)c3O)nc3c(-c4cc(-c5cc(-c6ccccc6)ccn5)c5oc6c(-c7ccccc7)c(C#N)ccc6c5c4)cccc32)c(-c2ccccc2)c1. The highest BCUT2D eigenvalue weighted by Gasteiger charge is 2.30. The van der Waals surface area contributed by atoms with E-state index >= 15 is 0 Å². The van der Waals surface area contributed by atoms with Gasteiger partial charge in [0, 0.05) is 44.8 Å². The van der Waals surface area contributed by atoms with Gasteiger partial charge in [0.1, 0.15) is 22.7 Å². The third-order valence-corrected chi connectivity index (χ3v) is 14.3. The third-order valence-electron chi connectivity index (χ3n) is 14.3. The first-order valence-electron chi connectivity index (χ1n) is 25.1. The minimum Gasteiger partial charge on any atom is -0.507 e. The molecule has 8 aromatic carbocycles. The van der Waals surface area contributed by atoms with E-state index in [2.05, 4.69) is 182 Å².